The molecule has 2 N–H and O–H groups in total. The van der Waals surface area contributed by atoms with Gasteiger partial charge in [0.2, 0.25) is 0 Å². The van der Waals surface area contributed by atoms with Crippen LogP contribution in [0.5, 0.6) is 5.75 Å². The number of nitrogen functional groups attached to an aromatic ring is 1. The summed E-state index contributed by atoms with van der Waals surface area (Å²) in [7, 11) is 1.63. The van der Waals surface area contributed by atoms with Crippen molar-refractivity contribution in [2.75, 3.05) is 12.8 Å². The standard InChI is InChI=1S/C13H12N4O/c1-18-10-6-3-2-5-9(10)13-16-15-12-8-4-7-11(14)17(12)13/h2-8H,14H2,1H3. The summed E-state index contributed by atoms with van der Waals surface area (Å²) < 4.78 is 7.14. The second-order valence-corrected chi connectivity index (χ2v) is 3.87. The van der Waals surface area contributed by atoms with E-state index in [1.165, 1.54) is 0 Å². The zero-order chi connectivity index (χ0) is 12.5. The molecule has 0 spiro atoms. The van der Waals surface area contributed by atoms with Gasteiger partial charge in [-0.25, -0.2) is 0 Å². The van der Waals surface area contributed by atoms with Gasteiger partial charge in [-0.3, -0.25) is 4.40 Å². The lowest BCUT2D eigenvalue weighted by molar-refractivity contribution is 0.416. The number of hydrogen-bond donors (Lipinski definition) is 1. The van der Waals surface area contributed by atoms with E-state index in [1.54, 1.807) is 11.5 Å². The van der Waals surface area contributed by atoms with Crippen LogP contribution in [0.1, 0.15) is 0 Å². The molecule has 3 rings (SSSR count). The third-order valence-electron chi connectivity index (χ3n) is 2.81. The Bertz CT molecular complexity index is 705. The second-order valence-electron chi connectivity index (χ2n) is 3.87. The molecule has 0 saturated heterocycles. The van der Waals surface area contributed by atoms with Gasteiger partial charge < -0.3 is 10.5 Å². The summed E-state index contributed by atoms with van der Waals surface area (Å²) in [5.74, 6) is 2.02. The van der Waals surface area contributed by atoms with E-state index in [2.05, 4.69) is 10.2 Å². The van der Waals surface area contributed by atoms with Crippen LogP contribution in [0.3, 0.4) is 0 Å². The van der Waals surface area contributed by atoms with Gasteiger partial charge in [0.1, 0.15) is 11.6 Å². The molecule has 0 aliphatic heterocycles. The topological polar surface area (TPSA) is 65.4 Å². The molecule has 2 aromatic heterocycles. The fourth-order valence-corrected chi connectivity index (χ4v) is 1.97. The number of aromatic nitrogens is 3. The quantitative estimate of drug-likeness (QED) is 0.744. The van der Waals surface area contributed by atoms with Crippen molar-refractivity contribution in [1.82, 2.24) is 14.6 Å². The smallest absolute Gasteiger partial charge is 0.173 e. The highest BCUT2D eigenvalue weighted by Gasteiger charge is 2.13. The Balaban J connectivity index is 2.32. The molecule has 90 valence electrons. The highest BCUT2D eigenvalue weighted by molar-refractivity contribution is 5.68. The Kier molecular flexibility index (Phi) is 2.37. The molecule has 0 fully saturated rings. The van der Waals surface area contributed by atoms with Crippen LogP contribution in [0.15, 0.2) is 42.5 Å². The van der Waals surface area contributed by atoms with E-state index in [1.807, 2.05) is 42.5 Å². The minimum Gasteiger partial charge on any atom is -0.496 e. The third-order valence-corrected chi connectivity index (χ3v) is 2.81. The van der Waals surface area contributed by atoms with Crippen LogP contribution < -0.4 is 10.5 Å². The van der Waals surface area contributed by atoms with Gasteiger partial charge in [-0.1, -0.05) is 18.2 Å². The van der Waals surface area contributed by atoms with Crippen molar-refractivity contribution in [2.24, 2.45) is 0 Å². The van der Waals surface area contributed by atoms with Crippen molar-refractivity contribution in [2.45, 2.75) is 0 Å². The predicted molar refractivity (Wildman–Crippen MR) is 69.4 cm³/mol. The highest BCUT2D eigenvalue weighted by atomic mass is 16.5. The molecule has 0 aliphatic carbocycles. The van der Waals surface area contributed by atoms with Crippen molar-refractivity contribution >= 4 is 11.5 Å². The van der Waals surface area contributed by atoms with E-state index < -0.39 is 0 Å². The summed E-state index contributed by atoms with van der Waals surface area (Å²) in [6.45, 7) is 0. The van der Waals surface area contributed by atoms with Crippen molar-refractivity contribution in [3.8, 4) is 17.1 Å². The molecule has 5 nitrogen and oxygen atoms in total. The Labute approximate surface area is 104 Å². The Morgan fingerprint density at radius 3 is 2.72 bits per heavy atom. The molecule has 0 atom stereocenters. The van der Waals surface area contributed by atoms with Crippen LogP contribution in [0.25, 0.3) is 17.0 Å². The van der Waals surface area contributed by atoms with Gasteiger partial charge in [-0.15, -0.1) is 10.2 Å². The SMILES string of the molecule is COc1ccccc1-c1nnc2cccc(N)n12. The second kappa shape index (κ2) is 4.03. The van der Waals surface area contributed by atoms with Crippen molar-refractivity contribution in [3.63, 3.8) is 0 Å². The first-order valence-electron chi connectivity index (χ1n) is 5.54. The van der Waals surface area contributed by atoms with Crippen LogP contribution in [0, 0.1) is 0 Å². The summed E-state index contributed by atoms with van der Waals surface area (Å²) in [6.07, 6.45) is 0. The summed E-state index contributed by atoms with van der Waals surface area (Å²) >= 11 is 0. The lowest BCUT2D eigenvalue weighted by atomic mass is 10.2. The zero-order valence-electron chi connectivity index (χ0n) is 9.87. The molecule has 0 saturated carbocycles. The van der Waals surface area contributed by atoms with Crippen molar-refractivity contribution in [1.29, 1.82) is 0 Å². The summed E-state index contributed by atoms with van der Waals surface area (Å²) in [6, 6.07) is 13.2. The van der Waals surface area contributed by atoms with E-state index in [9.17, 15) is 0 Å². The Morgan fingerprint density at radius 1 is 1.06 bits per heavy atom. The average Bonchev–Trinajstić information content (AvgIpc) is 2.84. The molecule has 0 aliphatic rings. The fourth-order valence-electron chi connectivity index (χ4n) is 1.97. The number of nitrogens with zero attached hydrogens (tertiary/aromatic N) is 3. The van der Waals surface area contributed by atoms with E-state index in [-0.39, 0.29) is 0 Å². The van der Waals surface area contributed by atoms with E-state index in [0.717, 1.165) is 17.0 Å². The molecule has 5 heteroatoms. The number of nitrogens with two attached hydrogens (primary N) is 1. The van der Waals surface area contributed by atoms with E-state index >= 15 is 0 Å². The monoisotopic (exact) mass is 240 g/mol. The van der Waals surface area contributed by atoms with Crippen LogP contribution >= 0.6 is 0 Å². The molecule has 0 bridgehead atoms. The molecule has 3 aromatic rings. The van der Waals surface area contributed by atoms with Crippen LogP contribution in [-0.4, -0.2) is 21.7 Å². The first-order valence-corrected chi connectivity index (χ1v) is 5.54. The van der Waals surface area contributed by atoms with Crippen molar-refractivity contribution < 1.29 is 4.74 Å². The molecule has 0 unspecified atom stereocenters. The lowest BCUT2D eigenvalue weighted by Gasteiger charge is -2.07. The van der Waals surface area contributed by atoms with E-state index in [0.29, 0.717) is 11.6 Å². The molecular formula is C13H12N4O. The number of ether oxygens (including phenoxy) is 1. The van der Waals surface area contributed by atoms with E-state index in [4.69, 9.17) is 10.5 Å². The number of hydrogen-bond acceptors (Lipinski definition) is 4. The summed E-state index contributed by atoms with van der Waals surface area (Å²) in [5, 5.41) is 8.30. The van der Waals surface area contributed by atoms with Crippen LogP contribution in [-0.2, 0) is 0 Å². The maximum Gasteiger partial charge on any atom is 0.173 e. The molecule has 0 amide bonds. The predicted octanol–water partition coefficient (Wildman–Crippen LogP) is 1.99. The van der Waals surface area contributed by atoms with Crippen LogP contribution in [0.2, 0.25) is 0 Å². The molecular weight excluding hydrogens is 228 g/mol. The third kappa shape index (κ3) is 1.48. The highest BCUT2D eigenvalue weighted by Crippen LogP contribution is 2.29. The number of para-hydroxylation sites is 1. The average molecular weight is 240 g/mol. The molecule has 2 heterocycles. The summed E-state index contributed by atoms with van der Waals surface area (Å²) in [5.41, 5.74) is 7.56. The molecule has 0 radical (unpaired) electrons. The first kappa shape index (κ1) is 10.6. The molecule has 1 aromatic carbocycles. The minimum atomic E-state index is 0.596. The molecule has 18 heavy (non-hydrogen) atoms. The van der Waals surface area contributed by atoms with Gasteiger partial charge in [-0.2, -0.15) is 0 Å². The van der Waals surface area contributed by atoms with Gasteiger partial charge >= 0.3 is 0 Å². The number of anilines is 1. The van der Waals surface area contributed by atoms with Gasteiger partial charge in [-0.05, 0) is 24.3 Å². The number of rotatable bonds is 2. The summed E-state index contributed by atoms with van der Waals surface area (Å²) in [4.78, 5) is 0. The maximum atomic E-state index is 5.97. The number of fused-ring (bicyclic) bond motifs is 1. The minimum absolute atomic E-state index is 0.596. The van der Waals surface area contributed by atoms with Gasteiger partial charge in [0.15, 0.2) is 11.5 Å². The fraction of sp³-hybridized carbons (Fsp3) is 0.0769. The number of benzene rings is 1. The van der Waals surface area contributed by atoms with Gasteiger partial charge in [0.25, 0.3) is 0 Å². The van der Waals surface area contributed by atoms with Crippen LogP contribution in [0.4, 0.5) is 5.82 Å². The Morgan fingerprint density at radius 2 is 1.89 bits per heavy atom. The largest absolute Gasteiger partial charge is 0.496 e. The first-order chi connectivity index (χ1) is 8.81. The van der Waals surface area contributed by atoms with Gasteiger partial charge in [0.05, 0.1) is 12.7 Å². The Hall–Kier alpha value is -2.56. The van der Waals surface area contributed by atoms with Crippen molar-refractivity contribution in [3.05, 3.63) is 42.5 Å². The number of methoxy groups -OCH3 is 1. The van der Waals surface area contributed by atoms with Gasteiger partial charge in [0, 0.05) is 0 Å². The lowest BCUT2D eigenvalue weighted by Crippen LogP contribution is -1.99. The normalized spacial score (nSPS) is 10.7. The maximum absolute atomic E-state index is 5.97. The zero-order valence-corrected chi connectivity index (χ0v) is 9.87. The number of pyridine rings is 1.